The molecule has 5 heteroatoms. The van der Waals surface area contributed by atoms with E-state index in [2.05, 4.69) is 0 Å². The van der Waals surface area contributed by atoms with Gasteiger partial charge in [0.2, 0.25) is 0 Å². The molecule has 1 aliphatic heterocycles. The number of ether oxygens (including phenoxy) is 2. The van der Waals surface area contributed by atoms with Crippen molar-refractivity contribution in [2.75, 3.05) is 13.2 Å². The summed E-state index contributed by atoms with van der Waals surface area (Å²) in [5, 5.41) is 28.2. The summed E-state index contributed by atoms with van der Waals surface area (Å²) in [6, 6.07) is 0. The third kappa shape index (κ3) is 4.89. The molecule has 1 aliphatic rings. The second-order valence-corrected chi connectivity index (χ2v) is 4.83. The van der Waals surface area contributed by atoms with Crippen LogP contribution in [0.2, 0.25) is 0 Å². The van der Waals surface area contributed by atoms with E-state index in [0.29, 0.717) is 13.0 Å². The average Bonchev–Trinajstić information content (AvgIpc) is 2.28. The molecule has 5 nitrogen and oxygen atoms in total. The van der Waals surface area contributed by atoms with Crippen LogP contribution in [0.4, 0.5) is 0 Å². The molecule has 102 valence electrons. The summed E-state index contributed by atoms with van der Waals surface area (Å²) in [6.45, 7) is 4.37. The van der Waals surface area contributed by atoms with Gasteiger partial charge in [-0.05, 0) is 26.7 Å². The number of rotatable bonds is 6. The van der Waals surface area contributed by atoms with E-state index in [1.165, 1.54) is 0 Å². The molecular formula is C12H24O5. The molecule has 0 spiro atoms. The topological polar surface area (TPSA) is 79.2 Å². The van der Waals surface area contributed by atoms with Gasteiger partial charge in [-0.25, -0.2) is 0 Å². The second-order valence-electron chi connectivity index (χ2n) is 4.83. The van der Waals surface area contributed by atoms with Gasteiger partial charge in [0.05, 0.1) is 24.9 Å². The van der Waals surface area contributed by atoms with Crippen molar-refractivity contribution in [1.82, 2.24) is 0 Å². The first-order valence-corrected chi connectivity index (χ1v) is 6.28. The minimum absolute atomic E-state index is 0.110. The van der Waals surface area contributed by atoms with E-state index in [1.54, 1.807) is 0 Å². The molecule has 4 atom stereocenters. The normalized spacial score (nSPS) is 34.2. The van der Waals surface area contributed by atoms with Crippen LogP contribution in [0.25, 0.3) is 0 Å². The fraction of sp³-hybridized carbons (Fsp3) is 1.00. The molecule has 1 unspecified atom stereocenters. The van der Waals surface area contributed by atoms with Crippen LogP contribution < -0.4 is 0 Å². The first-order chi connectivity index (χ1) is 8.04. The molecule has 0 saturated carbocycles. The highest BCUT2D eigenvalue weighted by Crippen LogP contribution is 2.23. The van der Waals surface area contributed by atoms with E-state index in [4.69, 9.17) is 14.6 Å². The average molecular weight is 248 g/mol. The van der Waals surface area contributed by atoms with Gasteiger partial charge < -0.3 is 24.8 Å². The molecule has 3 N–H and O–H groups in total. The fourth-order valence-electron chi connectivity index (χ4n) is 2.01. The maximum Gasteiger partial charge on any atom is 0.109 e. The fourth-order valence-corrected chi connectivity index (χ4v) is 2.01. The lowest BCUT2D eigenvalue weighted by molar-refractivity contribution is -0.181. The molecule has 1 heterocycles. The minimum atomic E-state index is -0.983. The van der Waals surface area contributed by atoms with Gasteiger partial charge in [-0.3, -0.25) is 0 Å². The molecule has 1 rings (SSSR count). The van der Waals surface area contributed by atoms with Crippen molar-refractivity contribution in [3.8, 4) is 0 Å². The number of hydrogen-bond acceptors (Lipinski definition) is 5. The number of aliphatic hydroxyl groups excluding tert-OH is 3. The molecule has 1 fully saturated rings. The Morgan fingerprint density at radius 2 is 2.06 bits per heavy atom. The van der Waals surface area contributed by atoms with Crippen LogP contribution in [-0.4, -0.2) is 59.1 Å². The Kier molecular flexibility index (Phi) is 6.37. The van der Waals surface area contributed by atoms with Crippen LogP contribution in [0.1, 0.15) is 33.1 Å². The van der Waals surface area contributed by atoms with Gasteiger partial charge in [0.1, 0.15) is 12.2 Å². The van der Waals surface area contributed by atoms with Crippen molar-refractivity contribution in [2.24, 2.45) is 0 Å². The molecule has 1 saturated heterocycles. The lowest BCUT2D eigenvalue weighted by atomic mass is 9.96. The Hall–Kier alpha value is -0.200. The van der Waals surface area contributed by atoms with E-state index in [9.17, 15) is 10.2 Å². The Balaban J connectivity index is 2.25. The predicted octanol–water partition coefficient (Wildman–Crippen LogP) is 0.0632. The molecule has 0 amide bonds. The second kappa shape index (κ2) is 7.28. The van der Waals surface area contributed by atoms with Gasteiger partial charge >= 0.3 is 0 Å². The summed E-state index contributed by atoms with van der Waals surface area (Å²) in [5.41, 5.74) is 0. The summed E-state index contributed by atoms with van der Waals surface area (Å²) in [6.07, 6.45) is -0.313. The summed E-state index contributed by atoms with van der Waals surface area (Å²) >= 11 is 0. The van der Waals surface area contributed by atoms with E-state index in [0.717, 1.165) is 12.8 Å². The summed E-state index contributed by atoms with van der Waals surface area (Å²) in [5.74, 6) is 0. The SMILES string of the molecule is CC(C)OCCCC1C[C@@H](O)[C@@H](O)[C@@H](CO)O1. The van der Waals surface area contributed by atoms with Gasteiger partial charge in [-0.1, -0.05) is 0 Å². The van der Waals surface area contributed by atoms with Crippen LogP contribution in [-0.2, 0) is 9.47 Å². The van der Waals surface area contributed by atoms with Gasteiger partial charge in [-0.15, -0.1) is 0 Å². The lowest BCUT2D eigenvalue weighted by Crippen LogP contribution is -2.49. The van der Waals surface area contributed by atoms with Gasteiger partial charge in [-0.2, -0.15) is 0 Å². The standard InChI is InChI=1S/C12H24O5/c1-8(2)16-5-3-4-9-6-10(14)12(15)11(7-13)17-9/h8-15H,3-7H2,1-2H3/t9?,10-,11-,12-/m1/s1. The van der Waals surface area contributed by atoms with Gasteiger partial charge in [0.25, 0.3) is 0 Å². The van der Waals surface area contributed by atoms with Crippen LogP contribution in [0.5, 0.6) is 0 Å². The third-order valence-electron chi connectivity index (χ3n) is 2.95. The van der Waals surface area contributed by atoms with Gasteiger partial charge in [0.15, 0.2) is 0 Å². The first kappa shape index (κ1) is 14.9. The van der Waals surface area contributed by atoms with Crippen molar-refractivity contribution >= 4 is 0 Å². The zero-order valence-corrected chi connectivity index (χ0v) is 10.6. The molecule has 0 aromatic rings. The predicted molar refractivity (Wildman–Crippen MR) is 62.7 cm³/mol. The Morgan fingerprint density at radius 1 is 1.35 bits per heavy atom. The van der Waals surface area contributed by atoms with Crippen LogP contribution >= 0.6 is 0 Å². The highest BCUT2D eigenvalue weighted by Gasteiger charge is 2.35. The highest BCUT2D eigenvalue weighted by atomic mass is 16.5. The molecule has 0 aliphatic carbocycles. The van der Waals surface area contributed by atoms with Gasteiger partial charge in [0, 0.05) is 13.0 Å². The Morgan fingerprint density at radius 3 is 2.65 bits per heavy atom. The molecule has 0 bridgehead atoms. The van der Waals surface area contributed by atoms with E-state index in [-0.39, 0.29) is 18.8 Å². The van der Waals surface area contributed by atoms with Crippen molar-refractivity contribution < 1.29 is 24.8 Å². The summed E-state index contributed by atoms with van der Waals surface area (Å²) < 4.78 is 10.9. The van der Waals surface area contributed by atoms with Crippen molar-refractivity contribution in [3.05, 3.63) is 0 Å². The zero-order valence-electron chi connectivity index (χ0n) is 10.6. The number of aliphatic hydroxyl groups is 3. The Bertz CT molecular complexity index is 209. The highest BCUT2D eigenvalue weighted by molar-refractivity contribution is 4.84. The molecule has 0 aromatic heterocycles. The monoisotopic (exact) mass is 248 g/mol. The molecule has 0 radical (unpaired) electrons. The zero-order chi connectivity index (χ0) is 12.8. The smallest absolute Gasteiger partial charge is 0.109 e. The van der Waals surface area contributed by atoms with Crippen molar-refractivity contribution in [1.29, 1.82) is 0 Å². The summed E-state index contributed by atoms with van der Waals surface area (Å²) in [4.78, 5) is 0. The van der Waals surface area contributed by atoms with Crippen LogP contribution in [0.3, 0.4) is 0 Å². The minimum Gasteiger partial charge on any atom is -0.394 e. The molecular weight excluding hydrogens is 224 g/mol. The summed E-state index contributed by atoms with van der Waals surface area (Å²) in [7, 11) is 0. The maximum atomic E-state index is 9.62. The Labute approximate surface area is 102 Å². The van der Waals surface area contributed by atoms with Crippen LogP contribution in [0, 0.1) is 0 Å². The lowest BCUT2D eigenvalue weighted by Gasteiger charge is -2.36. The van der Waals surface area contributed by atoms with E-state index < -0.39 is 18.3 Å². The van der Waals surface area contributed by atoms with E-state index >= 15 is 0 Å². The van der Waals surface area contributed by atoms with Crippen LogP contribution in [0.15, 0.2) is 0 Å². The molecule has 0 aromatic carbocycles. The number of hydrogen-bond donors (Lipinski definition) is 3. The first-order valence-electron chi connectivity index (χ1n) is 6.28. The van der Waals surface area contributed by atoms with E-state index in [1.807, 2.05) is 13.8 Å². The quantitative estimate of drug-likeness (QED) is 0.579. The van der Waals surface area contributed by atoms with Crippen molar-refractivity contribution in [2.45, 2.75) is 63.6 Å². The molecule has 17 heavy (non-hydrogen) atoms. The third-order valence-corrected chi connectivity index (χ3v) is 2.95. The largest absolute Gasteiger partial charge is 0.394 e. The maximum absolute atomic E-state index is 9.62. The van der Waals surface area contributed by atoms with Crippen molar-refractivity contribution in [3.63, 3.8) is 0 Å².